The van der Waals surface area contributed by atoms with Gasteiger partial charge in [-0.3, -0.25) is 34.2 Å². The summed E-state index contributed by atoms with van der Waals surface area (Å²) >= 11 is 0. The number of fused-ring (bicyclic) bond motifs is 1. The van der Waals surface area contributed by atoms with Crippen molar-refractivity contribution in [2.24, 2.45) is 5.92 Å². The van der Waals surface area contributed by atoms with Gasteiger partial charge in [0.1, 0.15) is 17.7 Å². The van der Waals surface area contributed by atoms with E-state index in [4.69, 9.17) is 4.74 Å². The molecule has 3 rings (SSSR count). The third kappa shape index (κ3) is 8.98. The van der Waals surface area contributed by atoms with E-state index in [1.807, 2.05) is 58.0 Å². The fraction of sp³-hybridized carbons (Fsp3) is 0.500. The summed E-state index contributed by atoms with van der Waals surface area (Å²) in [6.07, 6.45) is 0.681. The quantitative estimate of drug-likeness (QED) is 0.235. The number of aryl methyl sites for hydroxylation is 2. The molecule has 1 aliphatic rings. The molecule has 0 saturated heterocycles. The Morgan fingerprint density at radius 2 is 1.43 bits per heavy atom. The number of carbonyl (C=O) groups excluding carboxylic acids is 5. The smallest absolute Gasteiger partial charge is 0.323 e. The van der Waals surface area contributed by atoms with Crippen LogP contribution in [-0.2, 0) is 25.5 Å². The maximum Gasteiger partial charge on any atom is 0.323 e. The Morgan fingerprint density at radius 1 is 0.864 bits per heavy atom. The summed E-state index contributed by atoms with van der Waals surface area (Å²) in [7, 11) is 1.51. The fourth-order valence-electron chi connectivity index (χ4n) is 5.13. The lowest BCUT2D eigenvalue weighted by Crippen LogP contribution is -2.57. The minimum absolute atomic E-state index is 0.0309. The summed E-state index contributed by atoms with van der Waals surface area (Å²) in [5.74, 6) is -2.15. The molecule has 4 amide bonds. The van der Waals surface area contributed by atoms with Gasteiger partial charge < -0.3 is 15.4 Å². The molecule has 2 aromatic carbocycles. The molecule has 0 spiro atoms. The normalized spacial score (nSPS) is 15.1. The first-order valence-corrected chi connectivity index (χ1v) is 15.1. The van der Waals surface area contributed by atoms with Gasteiger partial charge in [-0.1, -0.05) is 44.2 Å². The van der Waals surface area contributed by atoms with Gasteiger partial charge in [-0.05, 0) is 82.2 Å². The van der Waals surface area contributed by atoms with Crippen LogP contribution in [0, 0.1) is 19.8 Å². The Kier molecular flexibility index (Phi) is 11.4. The van der Waals surface area contributed by atoms with Crippen molar-refractivity contribution >= 4 is 29.6 Å². The van der Waals surface area contributed by atoms with E-state index in [1.54, 1.807) is 32.9 Å². The number of ether oxygens (including phenoxy) is 1. The van der Waals surface area contributed by atoms with E-state index in [0.717, 1.165) is 21.6 Å². The zero-order valence-electron chi connectivity index (χ0n) is 27.1. The highest BCUT2D eigenvalue weighted by atomic mass is 16.6. The average Bonchev–Trinajstić information content (AvgIpc) is 3.16. The molecular weight excluding hydrogens is 560 g/mol. The number of esters is 1. The first kappa shape index (κ1) is 34.4. The monoisotopic (exact) mass is 606 g/mol. The number of hydrogen-bond acceptors (Lipinski definition) is 7. The molecule has 0 saturated carbocycles. The standard InChI is InChI=1S/C34H46N4O6/c1-20(2)16-27(30(40)37-28(29(39)35-8)19-23-12-10-9-11-13-23)36-26(33(43)44-34(5,6)7)14-15-38-31(41)24-17-21(3)22(4)18-25(24)32(38)42/h9-13,17-18,20,26-28,36H,14-16,19H2,1-8H3,(H,35,39)(H,37,40)/t26-,27+,28+/m1/s1. The van der Waals surface area contributed by atoms with Crippen LogP contribution in [0.5, 0.6) is 0 Å². The largest absolute Gasteiger partial charge is 0.459 e. The molecular formula is C34H46N4O6. The number of benzene rings is 2. The number of carbonyl (C=O) groups is 5. The van der Waals surface area contributed by atoms with E-state index in [-0.39, 0.29) is 31.2 Å². The number of nitrogens with one attached hydrogen (secondary N) is 3. The van der Waals surface area contributed by atoms with Crippen LogP contribution in [0.2, 0.25) is 0 Å². The van der Waals surface area contributed by atoms with Crippen LogP contribution in [0.1, 0.15) is 84.9 Å². The SMILES string of the molecule is CNC(=O)[C@H](Cc1ccccc1)NC(=O)[C@H](CC(C)C)N[C@H](CCN1C(=O)c2cc(C)c(C)cc2C1=O)C(=O)OC(C)(C)C. The zero-order valence-corrected chi connectivity index (χ0v) is 27.1. The summed E-state index contributed by atoms with van der Waals surface area (Å²) in [6, 6.07) is 10.1. The van der Waals surface area contributed by atoms with Crippen molar-refractivity contribution in [1.29, 1.82) is 0 Å². The lowest BCUT2D eigenvalue weighted by atomic mass is 9.99. The molecule has 0 radical (unpaired) electrons. The summed E-state index contributed by atoms with van der Waals surface area (Å²) < 4.78 is 5.68. The van der Waals surface area contributed by atoms with Crippen molar-refractivity contribution in [3.63, 3.8) is 0 Å². The molecule has 2 aromatic rings. The molecule has 0 fully saturated rings. The third-order valence-corrected chi connectivity index (χ3v) is 7.51. The van der Waals surface area contributed by atoms with Gasteiger partial charge in [0, 0.05) is 20.0 Å². The molecule has 0 bridgehead atoms. The molecule has 0 aliphatic carbocycles. The number of nitrogens with zero attached hydrogens (tertiary/aromatic N) is 1. The van der Waals surface area contributed by atoms with E-state index in [0.29, 0.717) is 17.5 Å². The summed E-state index contributed by atoms with van der Waals surface area (Å²) in [4.78, 5) is 67.4. The van der Waals surface area contributed by atoms with Crippen molar-refractivity contribution in [2.75, 3.05) is 13.6 Å². The second kappa shape index (κ2) is 14.6. The van der Waals surface area contributed by atoms with Crippen LogP contribution in [-0.4, -0.2) is 71.8 Å². The number of likely N-dealkylation sites (N-methyl/N-ethyl adjacent to an activating group) is 1. The van der Waals surface area contributed by atoms with Gasteiger partial charge in [-0.15, -0.1) is 0 Å². The van der Waals surface area contributed by atoms with Gasteiger partial charge in [0.05, 0.1) is 17.2 Å². The maximum absolute atomic E-state index is 13.7. The molecule has 44 heavy (non-hydrogen) atoms. The average molecular weight is 607 g/mol. The fourth-order valence-corrected chi connectivity index (χ4v) is 5.13. The lowest BCUT2D eigenvalue weighted by molar-refractivity contribution is -0.158. The van der Waals surface area contributed by atoms with Crippen LogP contribution in [0.4, 0.5) is 0 Å². The van der Waals surface area contributed by atoms with E-state index < -0.39 is 47.4 Å². The van der Waals surface area contributed by atoms with Crippen molar-refractivity contribution in [1.82, 2.24) is 20.9 Å². The Bertz CT molecular complexity index is 1340. The van der Waals surface area contributed by atoms with Crippen LogP contribution in [0.15, 0.2) is 42.5 Å². The molecule has 10 heteroatoms. The minimum Gasteiger partial charge on any atom is -0.459 e. The number of rotatable bonds is 13. The Hall–Kier alpha value is -4.05. The van der Waals surface area contributed by atoms with Crippen LogP contribution in [0.3, 0.4) is 0 Å². The highest BCUT2D eigenvalue weighted by Gasteiger charge is 2.38. The summed E-state index contributed by atoms with van der Waals surface area (Å²) in [5.41, 5.74) is 2.57. The van der Waals surface area contributed by atoms with Crippen molar-refractivity contribution < 1.29 is 28.7 Å². The van der Waals surface area contributed by atoms with Crippen molar-refractivity contribution in [2.45, 2.75) is 91.5 Å². The first-order chi connectivity index (χ1) is 20.6. The molecule has 3 atom stereocenters. The lowest BCUT2D eigenvalue weighted by Gasteiger charge is -2.30. The molecule has 0 unspecified atom stereocenters. The Morgan fingerprint density at radius 3 is 1.93 bits per heavy atom. The second-order valence-corrected chi connectivity index (χ2v) is 12.8. The second-order valence-electron chi connectivity index (χ2n) is 12.8. The molecule has 1 aliphatic heterocycles. The summed E-state index contributed by atoms with van der Waals surface area (Å²) in [6.45, 7) is 12.8. The molecule has 1 heterocycles. The molecule has 10 nitrogen and oxygen atoms in total. The van der Waals surface area contributed by atoms with Gasteiger partial charge in [0.25, 0.3) is 11.8 Å². The molecule has 238 valence electrons. The van der Waals surface area contributed by atoms with E-state index in [9.17, 15) is 24.0 Å². The number of imide groups is 1. The van der Waals surface area contributed by atoms with Gasteiger partial charge in [0.15, 0.2) is 0 Å². The van der Waals surface area contributed by atoms with Crippen molar-refractivity contribution in [3.05, 3.63) is 70.3 Å². The maximum atomic E-state index is 13.7. The highest BCUT2D eigenvalue weighted by molar-refractivity contribution is 6.21. The third-order valence-electron chi connectivity index (χ3n) is 7.51. The zero-order chi connectivity index (χ0) is 32.8. The van der Waals surface area contributed by atoms with Gasteiger partial charge in [0.2, 0.25) is 11.8 Å². The van der Waals surface area contributed by atoms with Gasteiger partial charge in [-0.25, -0.2) is 0 Å². The van der Waals surface area contributed by atoms with E-state index in [2.05, 4.69) is 16.0 Å². The molecule has 0 aromatic heterocycles. The predicted molar refractivity (Wildman–Crippen MR) is 168 cm³/mol. The summed E-state index contributed by atoms with van der Waals surface area (Å²) in [5, 5.41) is 8.63. The van der Waals surface area contributed by atoms with Gasteiger partial charge in [-0.2, -0.15) is 0 Å². The van der Waals surface area contributed by atoms with E-state index in [1.165, 1.54) is 7.05 Å². The number of amides is 4. The predicted octanol–water partition coefficient (Wildman–Crippen LogP) is 3.48. The topological polar surface area (TPSA) is 134 Å². The molecule has 3 N–H and O–H groups in total. The van der Waals surface area contributed by atoms with Gasteiger partial charge >= 0.3 is 5.97 Å². The van der Waals surface area contributed by atoms with E-state index >= 15 is 0 Å². The Balaban J connectivity index is 1.83. The van der Waals surface area contributed by atoms with Crippen LogP contribution in [0.25, 0.3) is 0 Å². The number of hydrogen-bond donors (Lipinski definition) is 3. The van der Waals surface area contributed by atoms with Crippen LogP contribution < -0.4 is 16.0 Å². The minimum atomic E-state index is -1.01. The Labute approximate surface area is 260 Å². The van der Waals surface area contributed by atoms with Crippen molar-refractivity contribution in [3.8, 4) is 0 Å². The first-order valence-electron chi connectivity index (χ1n) is 15.1. The highest BCUT2D eigenvalue weighted by Crippen LogP contribution is 2.26. The van der Waals surface area contributed by atoms with Crippen LogP contribution >= 0.6 is 0 Å².